The molecule has 6 heteroatoms. The highest BCUT2D eigenvalue weighted by molar-refractivity contribution is 7.12. The van der Waals surface area contributed by atoms with Crippen molar-refractivity contribution in [3.63, 3.8) is 0 Å². The lowest BCUT2D eigenvalue weighted by Crippen LogP contribution is -2.29. The average molecular weight is 371 g/mol. The van der Waals surface area contributed by atoms with Crippen LogP contribution in [-0.4, -0.2) is 30.3 Å². The molecule has 5 nitrogen and oxygen atoms in total. The van der Waals surface area contributed by atoms with Gasteiger partial charge in [-0.25, -0.2) is 0 Å². The van der Waals surface area contributed by atoms with Gasteiger partial charge in [-0.2, -0.15) is 0 Å². The van der Waals surface area contributed by atoms with E-state index < -0.39 is 12.1 Å². The number of fused-ring (bicyclic) bond motifs is 1. The number of ether oxygens (including phenoxy) is 1. The zero-order valence-electron chi connectivity index (χ0n) is 14.6. The summed E-state index contributed by atoms with van der Waals surface area (Å²) in [5.74, 6) is -0.913. The predicted octanol–water partition coefficient (Wildman–Crippen LogP) is 3.17. The van der Waals surface area contributed by atoms with Crippen LogP contribution in [0.2, 0.25) is 0 Å². The average Bonchev–Trinajstić information content (AvgIpc) is 3.31. The highest BCUT2D eigenvalue weighted by Gasteiger charge is 2.21. The lowest BCUT2D eigenvalue weighted by atomic mass is 10.0. The van der Waals surface area contributed by atoms with Gasteiger partial charge in [0, 0.05) is 12.1 Å². The van der Waals surface area contributed by atoms with Crippen LogP contribution in [0.15, 0.2) is 35.7 Å². The molecule has 0 fully saturated rings. The van der Waals surface area contributed by atoms with Crippen molar-refractivity contribution in [2.75, 3.05) is 6.54 Å². The second kappa shape index (κ2) is 8.27. The summed E-state index contributed by atoms with van der Waals surface area (Å²) in [4.78, 5) is 36.8. The Hall–Kier alpha value is -2.47. The molecule has 2 aromatic rings. The van der Waals surface area contributed by atoms with Crippen LogP contribution in [0.25, 0.3) is 0 Å². The fraction of sp³-hybridized carbons (Fsp3) is 0.350. The smallest absolute Gasteiger partial charge is 0.308 e. The Labute approximate surface area is 156 Å². The minimum absolute atomic E-state index is 0.0267. The summed E-state index contributed by atoms with van der Waals surface area (Å²) in [5, 5.41) is 4.48. The molecule has 26 heavy (non-hydrogen) atoms. The number of hydrogen-bond donors (Lipinski definition) is 1. The molecule has 0 saturated carbocycles. The van der Waals surface area contributed by atoms with Crippen LogP contribution in [0.1, 0.15) is 50.9 Å². The molecule has 1 amide bonds. The molecule has 1 atom stereocenters. The van der Waals surface area contributed by atoms with E-state index >= 15 is 0 Å². The summed E-state index contributed by atoms with van der Waals surface area (Å²) in [6.45, 7) is 1.76. The number of carbonyl (C=O) groups is 3. The van der Waals surface area contributed by atoms with Crippen LogP contribution >= 0.6 is 11.3 Å². The number of ketones is 1. The van der Waals surface area contributed by atoms with Crippen LogP contribution < -0.4 is 5.32 Å². The number of carbonyl (C=O) groups excluding carboxylic acids is 3. The number of aryl methyl sites for hydroxylation is 2. The predicted molar refractivity (Wildman–Crippen MR) is 99.6 cm³/mol. The van der Waals surface area contributed by atoms with E-state index in [2.05, 4.69) is 5.32 Å². The number of hydrogen-bond acceptors (Lipinski definition) is 5. The van der Waals surface area contributed by atoms with E-state index in [1.165, 1.54) is 22.5 Å². The van der Waals surface area contributed by atoms with Crippen LogP contribution in [0, 0.1) is 0 Å². The van der Waals surface area contributed by atoms with Crippen molar-refractivity contribution in [1.29, 1.82) is 0 Å². The van der Waals surface area contributed by atoms with Crippen molar-refractivity contribution in [2.45, 2.75) is 38.7 Å². The first-order valence-corrected chi connectivity index (χ1v) is 9.60. The summed E-state index contributed by atoms with van der Waals surface area (Å²) in [7, 11) is 0. The van der Waals surface area contributed by atoms with E-state index in [-0.39, 0.29) is 24.7 Å². The van der Waals surface area contributed by atoms with Gasteiger partial charge in [-0.15, -0.1) is 11.3 Å². The SMILES string of the molecule is CC(OC(=O)CCNC(=O)c1cccs1)C(=O)c1ccc2c(c1)CCC2. The fourth-order valence-corrected chi connectivity index (χ4v) is 3.68. The van der Waals surface area contributed by atoms with Gasteiger partial charge < -0.3 is 10.1 Å². The second-order valence-electron chi connectivity index (χ2n) is 6.32. The van der Waals surface area contributed by atoms with Gasteiger partial charge >= 0.3 is 5.97 Å². The molecule has 0 saturated heterocycles. The monoisotopic (exact) mass is 371 g/mol. The molecule has 0 spiro atoms. The maximum atomic E-state index is 12.5. The quantitative estimate of drug-likeness (QED) is 0.599. The number of benzene rings is 1. The van der Waals surface area contributed by atoms with Crippen LogP contribution in [0.3, 0.4) is 0 Å². The molecular weight excluding hydrogens is 350 g/mol. The molecule has 0 radical (unpaired) electrons. The van der Waals surface area contributed by atoms with E-state index in [1.807, 2.05) is 17.5 Å². The second-order valence-corrected chi connectivity index (χ2v) is 7.26. The Kier molecular flexibility index (Phi) is 5.83. The number of amides is 1. The summed E-state index contributed by atoms with van der Waals surface area (Å²) in [6, 6.07) is 9.22. The Morgan fingerprint density at radius 1 is 1.19 bits per heavy atom. The van der Waals surface area contributed by atoms with Crippen molar-refractivity contribution in [3.05, 3.63) is 57.3 Å². The number of nitrogens with one attached hydrogen (secondary N) is 1. The molecule has 1 aromatic heterocycles. The van der Waals surface area contributed by atoms with Gasteiger partial charge in [-0.3, -0.25) is 14.4 Å². The maximum absolute atomic E-state index is 12.5. The van der Waals surface area contributed by atoms with Crippen LogP contribution in [0.5, 0.6) is 0 Å². The van der Waals surface area contributed by atoms with Gasteiger partial charge in [0.05, 0.1) is 11.3 Å². The zero-order valence-corrected chi connectivity index (χ0v) is 15.4. The number of thiophene rings is 1. The van der Waals surface area contributed by atoms with Crippen molar-refractivity contribution in [2.24, 2.45) is 0 Å². The first-order valence-electron chi connectivity index (χ1n) is 8.72. The fourth-order valence-electron chi connectivity index (χ4n) is 3.04. The normalized spacial score (nSPS) is 13.7. The van der Waals surface area contributed by atoms with Gasteiger partial charge in [0.15, 0.2) is 6.10 Å². The van der Waals surface area contributed by atoms with Gasteiger partial charge in [0.2, 0.25) is 5.78 Å². The Balaban J connectivity index is 1.46. The Bertz CT molecular complexity index is 813. The van der Waals surface area contributed by atoms with Crippen molar-refractivity contribution >= 4 is 29.0 Å². The molecule has 1 heterocycles. The van der Waals surface area contributed by atoms with E-state index in [0.29, 0.717) is 10.4 Å². The van der Waals surface area contributed by atoms with Gasteiger partial charge in [-0.05, 0) is 54.8 Å². The van der Waals surface area contributed by atoms with Crippen molar-refractivity contribution < 1.29 is 19.1 Å². The minimum atomic E-state index is -0.838. The van der Waals surface area contributed by atoms with E-state index in [0.717, 1.165) is 19.3 Å². The van der Waals surface area contributed by atoms with Crippen molar-refractivity contribution in [3.8, 4) is 0 Å². The van der Waals surface area contributed by atoms with E-state index in [4.69, 9.17) is 4.74 Å². The Morgan fingerprint density at radius 2 is 2.00 bits per heavy atom. The van der Waals surface area contributed by atoms with Gasteiger partial charge in [0.1, 0.15) is 0 Å². The molecule has 1 unspecified atom stereocenters. The summed E-state index contributed by atoms with van der Waals surface area (Å²) >= 11 is 1.34. The Morgan fingerprint density at radius 3 is 2.77 bits per heavy atom. The number of esters is 1. The first kappa shape index (κ1) is 18.3. The topological polar surface area (TPSA) is 72.5 Å². The maximum Gasteiger partial charge on any atom is 0.308 e. The third-order valence-corrected chi connectivity index (χ3v) is 5.29. The molecule has 1 aliphatic carbocycles. The lowest BCUT2D eigenvalue weighted by molar-refractivity contribution is -0.146. The number of Topliss-reactive ketones (excluding diaryl/α,β-unsaturated/α-hetero) is 1. The van der Waals surface area contributed by atoms with Crippen LogP contribution in [0.4, 0.5) is 0 Å². The summed E-state index contributed by atoms with van der Waals surface area (Å²) in [6.07, 6.45) is 2.36. The highest BCUT2D eigenvalue weighted by Crippen LogP contribution is 2.23. The molecule has 1 N–H and O–H groups in total. The third kappa shape index (κ3) is 4.38. The molecular formula is C20H21NO4S. The standard InChI is InChI=1S/C20H21NO4S/c1-13(19(23)16-8-7-14-4-2-5-15(14)12-16)25-18(22)9-10-21-20(24)17-6-3-11-26-17/h3,6-8,11-13H,2,4-5,9-10H2,1H3,(H,21,24). The molecule has 0 bridgehead atoms. The largest absolute Gasteiger partial charge is 0.454 e. The zero-order chi connectivity index (χ0) is 18.5. The molecule has 3 rings (SSSR count). The van der Waals surface area contributed by atoms with Gasteiger partial charge in [0.25, 0.3) is 5.91 Å². The molecule has 1 aromatic carbocycles. The van der Waals surface area contributed by atoms with Gasteiger partial charge in [-0.1, -0.05) is 18.2 Å². The summed E-state index contributed by atoms with van der Waals surface area (Å²) < 4.78 is 5.22. The number of rotatable bonds is 7. The highest BCUT2D eigenvalue weighted by atomic mass is 32.1. The summed E-state index contributed by atoms with van der Waals surface area (Å²) in [5.41, 5.74) is 3.09. The minimum Gasteiger partial charge on any atom is -0.454 e. The lowest BCUT2D eigenvalue weighted by Gasteiger charge is -2.13. The van der Waals surface area contributed by atoms with Crippen LogP contribution in [-0.2, 0) is 22.4 Å². The molecule has 136 valence electrons. The molecule has 1 aliphatic rings. The van der Waals surface area contributed by atoms with Crippen molar-refractivity contribution in [1.82, 2.24) is 5.32 Å². The molecule has 0 aliphatic heterocycles. The van der Waals surface area contributed by atoms with E-state index in [1.54, 1.807) is 25.1 Å². The first-order chi connectivity index (χ1) is 12.5. The van der Waals surface area contributed by atoms with E-state index in [9.17, 15) is 14.4 Å². The third-order valence-electron chi connectivity index (χ3n) is 4.42.